The van der Waals surface area contributed by atoms with E-state index in [9.17, 15) is 9.59 Å². The predicted octanol–water partition coefficient (Wildman–Crippen LogP) is -0.0441. The lowest BCUT2D eigenvalue weighted by Crippen LogP contribution is -2.12. The van der Waals surface area contributed by atoms with Crippen molar-refractivity contribution in [3.63, 3.8) is 0 Å². The van der Waals surface area contributed by atoms with Gasteiger partial charge in [0.05, 0.1) is 7.11 Å². The van der Waals surface area contributed by atoms with Gasteiger partial charge in [-0.25, -0.2) is 9.59 Å². The number of rotatable bonds is 1. The Balaban J connectivity index is 0. The highest BCUT2D eigenvalue weighted by atomic mass is 24.3. The molecule has 0 aliphatic carbocycles. The first kappa shape index (κ1) is 13.1. The third-order valence-electron chi connectivity index (χ3n) is 0.691. The maximum atomic E-state index is 10.5. The van der Waals surface area contributed by atoms with E-state index in [-0.39, 0.29) is 28.6 Å². The van der Waals surface area contributed by atoms with Crippen molar-refractivity contribution in [2.24, 2.45) is 0 Å². The van der Waals surface area contributed by atoms with Crippen LogP contribution in [0.25, 0.3) is 0 Å². The Morgan fingerprint density at radius 2 is 1.82 bits per heavy atom. The Morgan fingerprint density at radius 1 is 1.36 bits per heavy atom. The van der Waals surface area contributed by atoms with Crippen LogP contribution in [-0.4, -0.2) is 42.3 Å². The lowest BCUT2D eigenvalue weighted by Gasteiger charge is -1.97. The molecule has 0 unspecified atom stereocenters. The van der Waals surface area contributed by atoms with Gasteiger partial charge in [0.1, 0.15) is 0 Å². The Hall–Kier alpha value is -0.554. The predicted molar refractivity (Wildman–Crippen MR) is 41.9 cm³/mol. The van der Waals surface area contributed by atoms with Crippen molar-refractivity contribution in [2.45, 2.75) is 6.92 Å². The number of methoxy groups -OCH3 is 1. The average Bonchev–Trinajstić information content (AvgIpc) is 1.87. The molecule has 60 valence electrons. The summed E-state index contributed by atoms with van der Waals surface area (Å²) in [5, 5.41) is 0. The summed E-state index contributed by atoms with van der Waals surface area (Å²) in [5.41, 5.74) is 0.158. The summed E-state index contributed by atoms with van der Waals surface area (Å²) in [6.45, 7) is 4.70. The van der Waals surface area contributed by atoms with Gasteiger partial charge in [0, 0.05) is 5.57 Å². The molecule has 0 atom stereocenters. The van der Waals surface area contributed by atoms with Crippen LogP contribution < -0.4 is 0 Å². The molecule has 0 heterocycles. The van der Waals surface area contributed by atoms with E-state index in [1.807, 2.05) is 0 Å². The summed E-state index contributed by atoms with van der Waals surface area (Å²) < 4.78 is 8.11. The quantitative estimate of drug-likeness (QED) is 0.240. The Bertz CT molecular complexity index is 175. The Labute approximate surface area is 80.7 Å². The van der Waals surface area contributed by atoms with Gasteiger partial charge in [0.25, 0.3) is 0 Å². The highest BCUT2D eigenvalue weighted by molar-refractivity contribution is 5.93. The van der Waals surface area contributed by atoms with Crippen LogP contribution in [-0.2, 0) is 14.3 Å². The van der Waals surface area contributed by atoms with Gasteiger partial charge < -0.3 is 9.47 Å². The van der Waals surface area contributed by atoms with Crippen LogP contribution in [0.2, 0.25) is 0 Å². The first-order valence-electron chi connectivity index (χ1n) is 2.53. The molecule has 0 aliphatic heterocycles. The minimum atomic E-state index is -1.02. The lowest BCUT2D eigenvalue weighted by molar-refractivity contribution is -0.134. The molecular weight excluding hydrogens is 160 g/mol. The molecule has 0 fully saturated rings. The first-order valence-corrected chi connectivity index (χ1v) is 2.53. The van der Waals surface area contributed by atoms with Crippen molar-refractivity contribution >= 4 is 35.2 Å². The van der Waals surface area contributed by atoms with E-state index >= 15 is 0 Å². The van der Waals surface area contributed by atoms with Gasteiger partial charge in [0.2, 0.25) is 0 Å². The molecule has 5 heteroatoms. The maximum absolute atomic E-state index is 10.5. The zero-order valence-electron chi connectivity index (χ0n) is 5.84. The number of esters is 1. The molecule has 0 saturated carbocycles. The SMILES string of the molecule is C=C(C)C(=O)OC(=O)OC.[MgH2]. The molecule has 0 rings (SSSR count). The highest BCUT2D eigenvalue weighted by Gasteiger charge is 2.09. The zero-order valence-corrected chi connectivity index (χ0v) is 5.84. The third-order valence-corrected chi connectivity index (χ3v) is 0.691. The molecule has 0 bridgehead atoms. The molecular formula is C6H10MgO4. The molecule has 0 aromatic carbocycles. The molecule has 0 radical (unpaired) electrons. The van der Waals surface area contributed by atoms with Crippen molar-refractivity contribution in [3.05, 3.63) is 12.2 Å². The van der Waals surface area contributed by atoms with E-state index in [2.05, 4.69) is 16.1 Å². The van der Waals surface area contributed by atoms with E-state index in [1.165, 1.54) is 6.92 Å². The van der Waals surface area contributed by atoms with Crippen LogP contribution >= 0.6 is 0 Å². The monoisotopic (exact) mass is 170 g/mol. The number of carbonyl (C=O) groups excluding carboxylic acids is 2. The zero-order chi connectivity index (χ0) is 8.15. The van der Waals surface area contributed by atoms with Gasteiger partial charge in [-0.3, -0.25) is 0 Å². The Kier molecular flexibility index (Phi) is 7.34. The summed E-state index contributed by atoms with van der Waals surface area (Å²) in [5.74, 6) is -0.771. The smallest absolute Gasteiger partial charge is 0.437 e. The van der Waals surface area contributed by atoms with Gasteiger partial charge in [-0.05, 0) is 6.92 Å². The molecule has 0 saturated heterocycles. The number of ether oxygens (including phenoxy) is 2. The van der Waals surface area contributed by atoms with Gasteiger partial charge in [0.15, 0.2) is 0 Å². The topological polar surface area (TPSA) is 52.6 Å². The van der Waals surface area contributed by atoms with Crippen LogP contribution in [0.15, 0.2) is 12.2 Å². The fourth-order valence-electron chi connectivity index (χ4n) is 0.204. The van der Waals surface area contributed by atoms with Crippen LogP contribution in [0.3, 0.4) is 0 Å². The molecule has 4 nitrogen and oxygen atoms in total. The second kappa shape index (κ2) is 6.18. The molecule has 0 aliphatic rings. The standard InChI is InChI=1S/C6H8O4.Mg.2H/c1-4(2)5(7)10-6(8)9-3;;;/h1H2,2-3H3;;;. The second-order valence-electron chi connectivity index (χ2n) is 1.62. The van der Waals surface area contributed by atoms with Crippen LogP contribution in [0.1, 0.15) is 6.92 Å². The summed E-state index contributed by atoms with van der Waals surface area (Å²) in [7, 11) is 1.12. The fourth-order valence-corrected chi connectivity index (χ4v) is 0.204. The minimum Gasteiger partial charge on any atom is -0.437 e. The molecule has 0 aromatic heterocycles. The van der Waals surface area contributed by atoms with E-state index in [0.29, 0.717) is 0 Å². The van der Waals surface area contributed by atoms with Crippen LogP contribution in [0, 0.1) is 0 Å². The van der Waals surface area contributed by atoms with Crippen LogP contribution in [0.5, 0.6) is 0 Å². The summed E-state index contributed by atoms with van der Waals surface area (Å²) >= 11 is 0. The van der Waals surface area contributed by atoms with E-state index in [0.717, 1.165) is 7.11 Å². The van der Waals surface area contributed by atoms with E-state index in [4.69, 9.17) is 0 Å². The van der Waals surface area contributed by atoms with E-state index < -0.39 is 12.1 Å². The number of hydrogen-bond donors (Lipinski definition) is 0. The fraction of sp³-hybridized carbons (Fsp3) is 0.333. The van der Waals surface area contributed by atoms with E-state index in [1.54, 1.807) is 0 Å². The number of carbonyl (C=O) groups is 2. The summed E-state index contributed by atoms with van der Waals surface area (Å²) in [6, 6.07) is 0. The average molecular weight is 170 g/mol. The Morgan fingerprint density at radius 3 is 2.09 bits per heavy atom. The van der Waals surface area contributed by atoms with Crippen molar-refractivity contribution in [1.82, 2.24) is 0 Å². The minimum absolute atomic E-state index is 0. The van der Waals surface area contributed by atoms with Crippen molar-refractivity contribution in [1.29, 1.82) is 0 Å². The van der Waals surface area contributed by atoms with Crippen molar-refractivity contribution < 1.29 is 19.1 Å². The van der Waals surface area contributed by atoms with Crippen LogP contribution in [0.4, 0.5) is 4.79 Å². The second-order valence-corrected chi connectivity index (χ2v) is 1.62. The normalized spacial score (nSPS) is 7.45. The molecule has 0 amide bonds. The lowest BCUT2D eigenvalue weighted by atomic mass is 10.4. The first-order chi connectivity index (χ1) is 4.57. The summed E-state index contributed by atoms with van der Waals surface area (Å²) in [4.78, 5) is 20.7. The number of hydrogen-bond acceptors (Lipinski definition) is 4. The third kappa shape index (κ3) is 5.87. The van der Waals surface area contributed by atoms with Gasteiger partial charge in [-0.2, -0.15) is 0 Å². The van der Waals surface area contributed by atoms with Gasteiger partial charge in [-0.15, -0.1) is 0 Å². The van der Waals surface area contributed by atoms with Gasteiger partial charge in [-0.1, -0.05) is 6.58 Å². The molecule has 0 spiro atoms. The maximum Gasteiger partial charge on any atom is 0.516 e. The molecule has 11 heavy (non-hydrogen) atoms. The molecule has 0 N–H and O–H groups in total. The summed E-state index contributed by atoms with van der Waals surface area (Å²) in [6.07, 6.45) is -1.02. The van der Waals surface area contributed by atoms with Gasteiger partial charge >= 0.3 is 35.2 Å². The largest absolute Gasteiger partial charge is 0.516 e. The molecule has 0 aromatic rings. The van der Waals surface area contributed by atoms with Crippen molar-refractivity contribution in [2.75, 3.05) is 7.11 Å². The van der Waals surface area contributed by atoms with Crippen molar-refractivity contribution in [3.8, 4) is 0 Å². The highest BCUT2D eigenvalue weighted by Crippen LogP contribution is 1.93.